The third-order valence-electron chi connectivity index (χ3n) is 5.38. The van der Waals surface area contributed by atoms with E-state index in [1.165, 1.54) is 0 Å². The van der Waals surface area contributed by atoms with Crippen LogP contribution in [0.25, 0.3) is 0 Å². The predicted octanol–water partition coefficient (Wildman–Crippen LogP) is 0.299. The molecule has 1 aliphatic heterocycles. The van der Waals surface area contributed by atoms with E-state index in [9.17, 15) is 14.4 Å². The van der Waals surface area contributed by atoms with Crippen molar-refractivity contribution in [2.75, 3.05) is 46.9 Å². The second-order valence-corrected chi connectivity index (χ2v) is 7.15. The van der Waals surface area contributed by atoms with Gasteiger partial charge in [-0.1, -0.05) is 6.07 Å². The van der Waals surface area contributed by atoms with E-state index in [1.807, 2.05) is 18.2 Å². The van der Waals surface area contributed by atoms with Crippen LogP contribution in [0, 0.1) is 11.8 Å². The maximum atomic E-state index is 12.5. The first-order valence-corrected chi connectivity index (χ1v) is 9.54. The van der Waals surface area contributed by atoms with E-state index >= 15 is 0 Å². The van der Waals surface area contributed by atoms with E-state index in [-0.39, 0.29) is 23.7 Å². The van der Waals surface area contributed by atoms with E-state index in [4.69, 9.17) is 9.47 Å². The highest BCUT2D eigenvalue weighted by Gasteiger charge is 2.49. The molecule has 1 heterocycles. The van der Waals surface area contributed by atoms with Crippen LogP contribution in [0.15, 0.2) is 18.2 Å². The largest absolute Gasteiger partial charge is 0.493 e. The molecular formula is C20H27N3O5. The Bertz CT molecular complexity index is 731. The highest BCUT2D eigenvalue weighted by atomic mass is 16.5. The summed E-state index contributed by atoms with van der Waals surface area (Å²) in [5, 5.41) is 2.93. The molecule has 28 heavy (non-hydrogen) atoms. The second kappa shape index (κ2) is 8.95. The summed E-state index contributed by atoms with van der Waals surface area (Å²) in [7, 11) is 3.18. The minimum absolute atomic E-state index is 0.0330. The molecule has 2 aliphatic rings. The summed E-state index contributed by atoms with van der Waals surface area (Å²) in [5.41, 5.74) is 1.04. The molecular weight excluding hydrogens is 362 g/mol. The Kier molecular flexibility index (Phi) is 6.38. The standard InChI is InChI=1S/C20H27N3O5/c1-27-17-4-3-14(11-18(17)28-2)5-6-21-19(25)15-12-16(15)20(26)23-9-7-22(13-24)8-10-23/h3-4,11,13,15-16H,5-10,12H2,1-2H3,(H,21,25). The van der Waals surface area contributed by atoms with Crippen molar-refractivity contribution in [3.8, 4) is 11.5 Å². The average molecular weight is 389 g/mol. The fourth-order valence-electron chi connectivity index (χ4n) is 3.54. The topological polar surface area (TPSA) is 88.2 Å². The molecule has 1 aromatic rings. The lowest BCUT2D eigenvalue weighted by atomic mass is 10.1. The number of benzene rings is 1. The first-order valence-electron chi connectivity index (χ1n) is 9.54. The number of hydrogen-bond acceptors (Lipinski definition) is 5. The second-order valence-electron chi connectivity index (χ2n) is 7.15. The first-order chi connectivity index (χ1) is 13.6. The molecule has 8 nitrogen and oxygen atoms in total. The number of carbonyl (C=O) groups is 3. The van der Waals surface area contributed by atoms with Crippen LogP contribution in [0.3, 0.4) is 0 Å². The van der Waals surface area contributed by atoms with Crippen LogP contribution in [0.2, 0.25) is 0 Å². The number of amides is 3. The number of piperazine rings is 1. The molecule has 1 aliphatic carbocycles. The van der Waals surface area contributed by atoms with Crippen molar-refractivity contribution in [1.29, 1.82) is 0 Å². The van der Waals surface area contributed by atoms with Crippen LogP contribution in [-0.2, 0) is 20.8 Å². The van der Waals surface area contributed by atoms with E-state index in [1.54, 1.807) is 24.0 Å². The molecule has 3 rings (SSSR count). The third kappa shape index (κ3) is 4.55. The molecule has 2 fully saturated rings. The van der Waals surface area contributed by atoms with Crippen molar-refractivity contribution in [1.82, 2.24) is 15.1 Å². The van der Waals surface area contributed by atoms with E-state index in [0.717, 1.165) is 12.0 Å². The van der Waals surface area contributed by atoms with Crippen LogP contribution in [-0.4, -0.2) is 75.0 Å². The number of hydrogen-bond donors (Lipinski definition) is 1. The zero-order chi connectivity index (χ0) is 20.1. The normalized spacial score (nSPS) is 21.1. The summed E-state index contributed by atoms with van der Waals surface area (Å²) in [4.78, 5) is 39.0. The van der Waals surface area contributed by atoms with Gasteiger partial charge >= 0.3 is 0 Å². The Hall–Kier alpha value is -2.77. The Balaban J connectivity index is 1.42. The van der Waals surface area contributed by atoms with Gasteiger partial charge in [0.1, 0.15) is 0 Å². The van der Waals surface area contributed by atoms with Gasteiger partial charge in [-0.25, -0.2) is 0 Å². The number of ether oxygens (including phenoxy) is 2. The van der Waals surface area contributed by atoms with Gasteiger partial charge in [0.15, 0.2) is 11.5 Å². The molecule has 1 aromatic carbocycles. The molecule has 3 amide bonds. The molecule has 1 N–H and O–H groups in total. The Morgan fingerprint density at radius 3 is 2.46 bits per heavy atom. The molecule has 8 heteroatoms. The van der Waals surface area contributed by atoms with E-state index in [2.05, 4.69) is 5.32 Å². The smallest absolute Gasteiger partial charge is 0.226 e. The van der Waals surface area contributed by atoms with Gasteiger partial charge in [0.25, 0.3) is 0 Å². The zero-order valence-corrected chi connectivity index (χ0v) is 16.3. The number of carbonyl (C=O) groups excluding carboxylic acids is 3. The highest BCUT2D eigenvalue weighted by molar-refractivity contribution is 5.92. The van der Waals surface area contributed by atoms with Gasteiger partial charge in [-0.05, 0) is 30.5 Å². The van der Waals surface area contributed by atoms with Gasteiger partial charge in [-0.2, -0.15) is 0 Å². The quantitative estimate of drug-likeness (QED) is 0.646. The maximum Gasteiger partial charge on any atom is 0.226 e. The van der Waals surface area contributed by atoms with Crippen LogP contribution in [0.1, 0.15) is 12.0 Å². The van der Waals surface area contributed by atoms with Crippen molar-refractivity contribution < 1.29 is 23.9 Å². The van der Waals surface area contributed by atoms with Gasteiger partial charge in [0.05, 0.1) is 26.1 Å². The van der Waals surface area contributed by atoms with Gasteiger partial charge in [-0.3, -0.25) is 14.4 Å². The lowest BCUT2D eigenvalue weighted by Gasteiger charge is -2.32. The summed E-state index contributed by atoms with van der Waals surface area (Å²) < 4.78 is 10.5. The van der Waals surface area contributed by atoms with Crippen LogP contribution >= 0.6 is 0 Å². The fourth-order valence-corrected chi connectivity index (χ4v) is 3.54. The summed E-state index contributed by atoms with van der Waals surface area (Å²) >= 11 is 0. The Morgan fingerprint density at radius 1 is 1.11 bits per heavy atom. The van der Waals surface area contributed by atoms with Crippen molar-refractivity contribution >= 4 is 18.2 Å². The lowest BCUT2D eigenvalue weighted by molar-refractivity contribution is -0.137. The van der Waals surface area contributed by atoms with Gasteiger partial charge in [0.2, 0.25) is 18.2 Å². The van der Waals surface area contributed by atoms with Crippen LogP contribution < -0.4 is 14.8 Å². The summed E-state index contributed by atoms with van der Waals surface area (Å²) in [6.45, 7) is 2.71. The molecule has 0 radical (unpaired) electrons. The minimum atomic E-state index is -0.234. The monoisotopic (exact) mass is 389 g/mol. The molecule has 2 unspecified atom stereocenters. The number of nitrogens with one attached hydrogen (secondary N) is 1. The molecule has 0 spiro atoms. The zero-order valence-electron chi connectivity index (χ0n) is 16.3. The average Bonchev–Trinajstić information content (AvgIpc) is 3.54. The molecule has 0 aromatic heterocycles. The van der Waals surface area contributed by atoms with E-state index < -0.39 is 0 Å². The van der Waals surface area contributed by atoms with Crippen molar-refractivity contribution in [3.63, 3.8) is 0 Å². The van der Waals surface area contributed by atoms with Crippen molar-refractivity contribution in [2.24, 2.45) is 11.8 Å². The van der Waals surface area contributed by atoms with Gasteiger partial charge < -0.3 is 24.6 Å². The fraction of sp³-hybridized carbons (Fsp3) is 0.550. The maximum absolute atomic E-state index is 12.5. The number of methoxy groups -OCH3 is 2. The van der Waals surface area contributed by atoms with Crippen molar-refractivity contribution in [3.05, 3.63) is 23.8 Å². The highest BCUT2D eigenvalue weighted by Crippen LogP contribution is 2.40. The summed E-state index contributed by atoms with van der Waals surface area (Å²) in [6, 6.07) is 5.68. The van der Waals surface area contributed by atoms with E-state index in [0.29, 0.717) is 57.1 Å². The Labute approximate surface area is 164 Å². The van der Waals surface area contributed by atoms with Gasteiger partial charge in [0, 0.05) is 32.7 Å². The SMILES string of the molecule is COc1ccc(CCNC(=O)C2CC2C(=O)N2CCN(C=O)CC2)cc1OC. The first kappa shape index (κ1) is 20.0. The minimum Gasteiger partial charge on any atom is -0.493 e. The molecule has 1 saturated heterocycles. The number of rotatable bonds is 8. The summed E-state index contributed by atoms with van der Waals surface area (Å²) in [6.07, 6.45) is 2.09. The van der Waals surface area contributed by atoms with Crippen LogP contribution in [0.5, 0.6) is 11.5 Å². The van der Waals surface area contributed by atoms with Gasteiger partial charge in [-0.15, -0.1) is 0 Å². The third-order valence-corrected chi connectivity index (χ3v) is 5.38. The van der Waals surface area contributed by atoms with Crippen molar-refractivity contribution in [2.45, 2.75) is 12.8 Å². The Morgan fingerprint density at radius 2 is 1.82 bits per heavy atom. The predicted molar refractivity (Wildman–Crippen MR) is 102 cm³/mol. The molecule has 2 atom stereocenters. The van der Waals surface area contributed by atoms with Crippen LogP contribution in [0.4, 0.5) is 0 Å². The molecule has 1 saturated carbocycles. The molecule has 152 valence electrons. The lowest BCUT2D eigenvalue weighted by Crippen LogP contribution is -2.48. The molecule has 0 bridgehead atoms. The number of nitrogens with zero attached hydrogens (tertiary/aromatic N) is 2. The summed E-state index contributed by atoms with van der Waals surface area (Å²) in [5.74, 6) is 0.847.